The topological polar surface area (TPSA) is 33.0 Å². The SMILES string of the molecule is CCC1CCCCC1Oc1ccc(C#N)c(Br)c1. The number of ether oxygens (including phenoxy) is 1. The molecule has 0 bridgehead atoms. The Balaban J connectivity index is 2.08. The highest BCUT2D eigenvalue weighted by Crippen LogP contribution is 2.31. The summed E-state index contributed by atoms with van der Waals surface area (Å²) < 4.78 is 6.91. The highest BCUT2D eigenvalue weighted by molar-refractivity contribution is 9.10. The minimum Gasteiger partial charge on any atom is -0.490 e. The van der Waals surface area contributed by atoms with Crippen molar-refractivity contribution in [2.75, 3.05) is 0 Å². The highest BCUT2D eigenvalue weighted by Gasteiger charge is 2.25. The van der Waals surface area contributed by atoms with E-state index in [-0.39, 0.29) is 0 Å². The Morgan fingerprint density at radius 1 is 1.39 bits per heavy atom. The van der Waals surface area contributed by atoms with Crippen LogP contribution in [0.4, 0.5) is 0 Å². The van der Waals surface area contributed by atoms with Crippen LogP contribution in [0.3, 0.4) is 0 Å². The van der Waals surface area contributed by atoms with Gasteiger partial charge in [0.15, 0.2) is 0 Å². The average Bonchev–Trinajstić information content (AvgIpc) is 2.39. The molecule has 1 aromatic rings. The van der Waals surface area contributed by atoms with Gasteiger partial charge in [-0.1, -0.05) is 13.3 Å². The molecule has 0 aliphatic heterocycles. The Morgan fingerprint density at radius 3 is 2.83 bits per heavy atom. The normalized spacial score (nSPS) is 23.4. The number of halogens is 1. The van der Waals surface area contributed by atoms with Crippen LogP contribution in [0.1, 0.15) is 44.6 Å². The summed E-state index contributed by atoms with van der Waals surface area (Å²) >= 11 is 3.40. The van der Waals surface area contributed by atoms with Crippen molar-refractivity contribution in [3.63, 3.8) is 0 Å². The molecule has 2 nitrogen and oxygen atoms in total. The third-order valence-electron chi connectivity index (χ3n) is 3.71. The van der Waals surface area contributed by atoms with Gasteiger partial charge in [-0.2, -0.15) is 5.26 Å². The predicted molar refractivity (Wildman–Crippen MR) is 75.5 cm³/mol. The van der Waals surface area contributed by atoms with Crippen molar-refractivity contribution in [1.29, 1.82) is 5.26 Å². The van der Waals surface area contributed by atoms with Crippen LogP contribution < -0.4 is 4.74 Å². The fourth-order valence-corrected chi connectivity index (χ4v) is 3.08. The zero-order valence-electron chi connectivity index (χ0n) is 10.7. The third-order valence-corrected chi connectivity index (χ3v) is 4.37. The summed E-state index contributed by atoms with van der Waals surface area (Å²) in [6.07, 6.45) is 6.54. The van der Waals surface area contributed by atoms with Crippen LogP contribution in [0.15, 0.2) is 22.7 Å². The molecule has 2 atom stereocenters. The van der Waals surface area contributed by atoms with Gasteiger partial charge in [0.05, 0.1) is 5.56 Å². The Hall–Kier alpha value is -1.01. The first-order valence-corrected chi connectivity index (χ1v) is 7.40. The second kappa shape index (κ2) is 6.24. The predicted octanol–water partition coefficient (Wildman–Crippen LogP) is 4.67. The molecule has 1 aliphatic rings. The van der Waals surface area contributed by atoms with Crippen molar-refractivity contribution < 1.29 is 4.74 Å². The monoisotopic (exact) mass is 307 g/mol. The second-order valence-corrected chi connectivity index (χ2v) is 5.72. The van der Waals surface area contributed by atoms with Gasteiger partial charge in [0.25, 0.3) is 0 Å². The molecule has 0 N–H and O–H groups in total. The molecule has 0 radical (unpaired) electrons. The average molecular weight is 308 g/mol. The lowest BCUT2D eigenvalue weighted by Gasteiger charge is -2.31. The summed E-state index contributed by atoms with van der Waals surface area (Å²) in [6, 6.07) is 7.75. The Labute approximate surface area is 117 Å². The highest BCUT2D eigenvalue weighted by atomic mass is 79.9. The van der Waals surface area contributed by atoms with E-state index < -0.39 is 0 Å². The number of hydrogen-bond acceptors (Lipinski definition) is 2. The van der Waals surface area contributed by atoms with Gasteiger partial charge in [-0.15, -0.1) is 0 Å². The summed E-state index contributed by atoms with van der Waals surface area (Å²) in [7, 11) is 0. The number of hydrogen-bond donors (Lipinski definition) is 0. The fourth-order valence-electron chi connectivity index (χ4n) is 2.63. The smallest absolute Gasteiger partial charge is 0.120 e. The second-order valence-electron chi connectivity index (χ2n) is 4.86. The third kappa shape index (κ3) is 3.05. The minimum atomic E-state index is 0.337. The van der Waals surface area contributed by atoms with E-state index in [9.17, 15) is 0 Å². The van der Waals surface area contributed by atoms with E-state index in [4.69, 9.17) is 10.00 Å². The summed E-state index contributed by atoms with van der Waals surface area (Å²) in [5.74, 6) is 1.54. The van der Waals surface area contributed by atoms with E-state index in [0.717, 1.165) is 16.6 Å². The molecule has 1 fully saturated rings. The fraction of sp³-hybridized carbons (Fsp3) is 0.533. The van der Waals surface area contributed by atoms with Gasteiger partial charge in [-0.05, 0) is 65.7 Å². The molecule has 0 aromatic heterocycles. The van der Waals surface area contributed by atoms with Crippen LogP contribution >= 0.6 is 15.9 Å². The maximum absolute atomic E-state index is 8.89. The summed E-state index contributed by atoms with van der Waals surface area (Å²) in [6.45, 7) is 2.24. The molecule has 2 unspecified atom stereocenters. The molecule has 3 heteroatoms. The zero-order valence-corrected chi connectivity index (χ0v) is 12.2. The maximum atomic E-state index is 8.89. The van der Waals surface area contributed by atoms with E-state index in [1.807, 2.05) is 18.2 Å². The van der Waals surface area contributed by atoms with E-state index in [0.29, 0.717) is 17.6 Å². The van der Waals surface area contributed by atoms with Gasteiger partial charge in [0, 0.05) is 4.47 Å². The number of nitrogens with zero attached hydrogens (tertiary/aromatic N) is 1. The molecular formula is C15H18BrNO. The molecule has 0 spiro atoms. The molecule has 96 valence electrons. The lowest BCUT2D eigenvalue weighted by molar-refractivity contribution is 0.0903. The number of benzene rings is 1. The number of rotatable bonds is 3. The lowest BCUT2D eigenvalue weighted by atomic mass is 9.85. The van der Waals surface area contributed by atoms with Gasteiger partial charge in [0.2, 0.25) is 0 Å². The molecular weight excluding hydrogens is 290 g/mol. The molecule has 0 heterocycles. The van der Waals surface area contributed by atoms with E-state index in [2.05, 4.69) is 28.9 Å². The summed E-state index contributed by atoms with van der Waals surface area (Å²) in [5.41, 5.74) is 0.651. The Morgan fingerprint density at radius 2 is 2.17 bits per heavy atom. The van der Waals surface area contributed by atoms with Crippen LogP contribution in [-0.2, 0) is 0 Å². The van der Waals surface area contributed by atoms with Crippen LogP contribution in [0.5, 0.6) is 5.75 Å². The lowest BCUT2D eigenvalue weighted by Crippen LogP contribution is -2.29. The van der Waals surface area contributed by atoms with Gasteiger partial charge >= 0.3 is 0 Å². The van der Waals surface area contributed by atoms with Gasteiger partial charge in [0.1, 0.15) is 17.9 Å². The van der Waals surface area contributed by atoms with Crippen molar-refractivity contribution in [3.8, 4) is 11.8 Å². The summed E-state index contributed by atoms with van der Waals surface area (Å²) in [5, 5.41) is 8.89. The molecule has 0 saturated heterocycles. The minimum absolute atomic E-state index is 0.337. The Kier molecular flexibility index (Phi) is 4.66. The molecule has 2 rings (SSSR count). The Bertz CT molecular complexity index is 452. The van der Waals surface area contributed by atoms with Crippen LogP contribution in [0.25, 0.3) is 0 Å². The first kappa shape index (κ1) is 13.4. The van der Waals surface area contributed by atoms with E-state index in [1.165, 1.54) is 25.7 Å². The van der Waals surface area contributed by atoms with Crippen molar-refractivity contribution in [2.45, 2.75) is 45.1 Å². The molecule has 1 saturated carbocycles. The van der Waals surface area contributed by atoms with E-state index >= 15 is 0 Å². The van der Waals surface area contributed by atoms with Gasteiger partial charge < -0.3 is 4.74 Å². The first-order chi connectivity index (χ1) is 8.74. The molecule has 18 heavy (non-hydrogen) atoms. The van der Waals surface area contributed by atoms with Crippen LogP contribution in [-0.4, -0.2) is 6.10 Å². The summed E-state index contributed by atoms with van der Waals surface area (Å²) in [4.78, 5) is 0. The zero-order chi connectivity index (χ0) is 13.0. The van der Waals surface area contributed by atoms with Crippen molar-refractivity contribution >= 4 is 15.9 Å². The van der Waals surface area contributed by atoms with Crippen molar-refractivity contribution in [2.24, 2.45) is 5.92 Å². The largest absolute Gasteiger partial charge is 0.490 e. The molecule has 0 amide bonds. The first-order valence-electron chi connectivity index (χ1n) is 6.61. The molecule has 1 aliphatic carbocycles. The van der Waals surface area contributed by atoms with Crippen LogP contribution in [0.2, 0.25) is 0 Å². The van der Waals surface area contributed by atoms with Crippen LogP contribution in [0, 0.1) is 17.2 Å². The van der Waals surface area contributed by atoms with Crippen molar-refractivity contribution in [1.82, 2.24) is 0 Å². The maximum Gasteiger partial charge on any atom is 0.120 e. The van der Waals surface area contributed by atoms with Crippen molar-refractivity contribution in [3.05, 3.63) is 28.2 Å². The quantitative estimate of drug-likeness (QED) is 0.813. The molecule has 1 aromatic carbocycles. The number of nitriles is 1. The van der Waals surface area contributed by atoms with Gasteiger partial charge in [-0.25, -0.2) is 0 Å². The van der Waals surface area contributed by atoms with Gasteiger partial charge in [-0.3, -0.25) is 0 Å². The standard InChI is InChI=1S/C15H18BrNO/c1-2-11-5-3-4-6-15(11)18-13-8-7-12(10-17)14(16)9-13/h7-9,11,15H,2-6H2,1H3. The van der Waals surface area contributed by atoms with E-state index in [1.54, 1.807) is 0 Å².